The Labute approximate surface area is 208 Å². The average molecular weight is 519 g/mol. The molecule has 196 valence electrons. The molecule has 0 bridgehead atoms. The van der Waals surface area contributed by atoms with Gasteiger partial charge in [-0.3, -0.25) is 9.59 Å². The molecular formula is C24H24F3N5O5. The first-order valence-corrected chi connectivity index (χ1v) is 11.6. The zero-order valence-electron chi connectivity index (χ0n) is 19.8. The Hall–Kier alpha value is -3.71. The van der Waals surface area contributed by atoms with E-state index in [1.807, 2.05) is 0 Å². The number of benzene rings is 1. The van der Waals surface area contributed by atoms with E-state index in [0.29, 0.717) is 23.8 Å². The number of ether oxygens (including phenoxy) is 1. The van der Waals surface area contributed by atoms with Gasteiger partial charge in [-0.15, -0.1) is 0 Å². The van der Waals surface area contributed by atoms with Crippen molar-refractivity contribution in [2.24, 2.45) is 5.73 Å². The van der Waals surface area contributed by atoms with Crippen LogP contribution in [0, 0.1) is 0 Å². The third-order valence-electron chi connectivity index (χ3n) is 6.62. The van der Waals surface area contributed by atoms with E-state index in [0.717, 1.165) is 6.07 Å². The van der Waals surface area contributed by atoms with Crippen LogP contribution in [0.3, 0.4) is 0 Å². The van der Waals surface area contributed by atoms with Crippen molar-refractivity contribution < 1.29 is 37.0 Å². The minimum absolute atomic E-state index is 0.00258. The van der Waals surface area contributed by atoms with Crippen LogP contribution in [0.4, 0.5) is 13.2 Å². The van der Waals surface area contributed by atoms with E-state index in [4.69, 9.17) is 14.9 Å². The molecule has 3 N–H and O–H groups in total. The Bertz CT molecular complexity index is 1380. The average Bonchev–Trinajstić information content (AvgIpc) is 3.50. The maximum atomic E-state index is 13.3. The van der Waals surface area contributed by atoms with Gasteiger partial charge in [-0.2, -0.15) is 13.2 Å². The van der Waals surface area contributed by atoms with Gasteiger partial charge in [0.25, 0.3) is 11.8 Å². The number of oxazole rings is 1. The third kappa shape index (κ3) is 4.48. The van der Waals surface area contributed by atoms with Gasteiger partial charge in [0, 0.05) is 37.1 Å². The van der Waals surface area contributed by atoms with E-state index in [1.165, 1.54) is 24.1 Å². The summed E-state index contributed by atoms with van der Waals surface area (Å²) in [5.41, 5.74) is 3.74. The number of hydrogen-bond donors (Lipinski definition) is 2. The van der Waals surface area contributed by atoms with Crippen LogP contribution in [-0.4, -0.2) is 75.6 Å². The number of nitrogens with zero attached hydrogens (tertiary/aromatic N) is 4. The van der Waals surface area contributed by atoms with Crippen molar-refractivity contribution in [2.75, 3.05) is 33.3 Å². The van der Waals surface area contributed by atoms with Crippen LogP contribution in [0.1, 0.15) is 34.8 Å². The number of rotatable bonds is 5. The van der Waals surface area contributed by atoms with Crippen LogP contribution < -0.4 is 10.5 Å². The fourth-order valence-corrected chi connectivity index (χ4v) is 4.36. The molecule has 0 spiro atoms. The highest BCUT2D eigenvalue weighted by molar-refractivity contribution is 5.98. The molecule has 1 aliphatic heterocycles. The van der Waals surface area contributed by atoms with Gasteiger partial charge in [0.05, 0.1) is 13.7 Å². The number of carbonyl (C=O) groups is 2. The van der Waals surface area contributed by atoms with Gasteiger partial charge in [-0.1, -0.05) is 0 Å². The Morgan fingerprint density at radius 1 is 1.11 bits per heavy atom. The van der Waals surface area contributed by atoms with Crippen molar-refractivity contribution in [3.63, 3.8) is 0 Å². The van der Waals surface area contributed by atoms with Gasteiger partial charge in [0.15, 0.2) is 11.5 Å². The van der Waals surface area contributed by atoms with Gasteiger partial charge in [0.2, 0.25) is 5.89 Å². The Kier molecular flexibility index (Phi) is 6.07. The van der Waals surface area contributed by atoms with Crippen LogP contribution >= 0.6 is 0 Å². The van der Waals surface area contributed by atoms with Crippen molar-refractivity contribution >= 4 is 22.7 Å². The fourth-order valence-electron chi connectivity index (χ4n) is 4.36. The number of amides is 2. The van der Waals surface area contributed by atoms with Gasteiger partial charge < -0.3 is 29.8 Å². The molecule has 10 nitrogen and oxygen atoms in total. The van der Waals surface area contributed by atoms with Crippen LogP contribution in [0.2, 0.25) is 0 Å². The second-order valence-electron chi connectivity index (χ2n) is 9.02. The lowest BCUT2D eigenvalue weighted by molar-refractivity contribution is -0.144. The molecule has 37 heavy (non-hydrogen) atoms. The molecular weight excluding hydrogens is 495 g/mol. The number of halogens is 3. The van der Waals surface area contributed by atoms with Crippen molar-refractivity contribution in [1.29, 1.82) is 0 Å². The summed E-state index contributed by atoms with van der Waals surface area (Å²) in [6.45, 7) is 0.882. The third-order valence-corrected chi connectivity index (χ3v) is 6.62. The summed E-state index contributed by atoms with van der Waals surface area (Å²) in [5, 5.41) is 10.4. The quantitative estimate of drug-likeness (QED) is 0.524. The smallest absolute Gasteiger partial charge is 0.433 e. The van der Waals surface area contributed by atoms with E-state index >= 15 is 0 Å². The lowest BCUT2D eigenvalue weighted by atomic mass is 10.1. The number of carbonyl (C=O) groups excluding carboxylic acids is 2. The lowest BCUT2D eigenvalue weighted by Crippen LogP contribution is -2.53. The molecule has 1 aromatic carbocycles. The van der Waals surface area contributed by atoms with E-state index < -0.39 is 23.4 Å². The maximum absolute atomic E-state index is 13.3. The molecule has 1 aliphatic carbocycles. The Morgan fingerprint density at radius 3 is 2.38 bits per heavy atom. The maximum Gasteiger partial charge on any atom is 0.433 e. The minimum Gasteiger partial charge on any atom is -0.494 e. The van der Waals surface area contributed by atoms with E-state index in [1.54, 1.807) is 11.0 Å². The molecule has 13 heteroatoms. The molecule has 2 amide bonds. The van der Waals surface area contributed by atoms with Crippen molar-refractivity contribution in [3.05, 3.63) is 41.4 Å². The normalized spacial score (nSPS) is 17.2. The molecule has 1 saturated heterocycles. The summed E-state index contributed by atoms with van der Waals surface area (Å²) >= 11 is 0. The predicted molar refractivity (Wildman–Crippen MR) is 123 cm³/mol. The Morgan fingerprint density at radius 2 is 1.78 bits per heavy atom. The number of alkyl halides is 3. The predicted octanol–water partition coefficient (Wildman–Crippen LogP) is 2.19. The monoisotopic (exact) mass is 519 g/mol. The lowest BCUT2D eigenvalue weighted by Gasteiger charge is -2.35. The van der Waals surface area contributed by atoms with Crippen molar-refractivity contribution in [2.45, 2.75) is 31.2 Å². The van der Waals surface area contributed by atoms with Crippen LogP contribution in [0.25, 0.3) is 22.4 Å². The van der Waals surface area contributed by atoms with Crippen LogP contribution in [0.5, 0.6) is 5.75 Å². The van der Waals surface area contributed by atoms with Gasteiger partial charge in [-0.05, 0) is 37.1 Å². The highest BCUT2D eigenvalue weighted by atomic mass is 19.4. The zero-order chi connectivity index (χ0) is 26.5. The topological polar surface area (TPSA) is 135 Å². The minimum atomic E-state index is -4.64. The summed E-state index contributed by atoms with van der Waals surface area (Å²) < 4.78 is 50.7. The highest BCUT2D eigenvalue weighted by Gasteiger charge is 2.50. The first-order valence-electron chi connectivity index (χ1n) is 11.6. The van der Waals surface area contributed by atoms with Crippen LogP contribution in [0.15, 0.2) is 28.7 Å². The van der Waals surface area contributed by atoms with Crippen molar-refractivity contribution in [3.8, 4) is 17.2 Å². The molecule has 2 aliphatic rings. The van der Waals surface area contributed by atoms with Crippen LogP contribution in [-0.2, 0) is 17.5 Å². The van der Waals surface area contributed by atoms with Crippen molar-refractivity contribution in [1.82, 2.24) is 19.8 Å². The largest absolute Gasteiger partial charge is 0.494 e. The summed E-state index contributed by atoms with van der Waals surface area (Å²) in [7, 11) is 1.32. The second kappa shape index (κ2) is 8.99. The summed E-state index contributed by atoms with van der Waals surface area (Å²) in [4.78, 5) is 36.8. The molecule has 0 radical (unpaired) electrons. The standard InChI is InChI=1S/C24H24F3N5O5/c1-36-15-4-2-14(13-3-5-17(24(25,26)27)29-18(13)15)20-30-19(16(12-28)37-20)21(33)31-8-10-32(11-9-31)22(34)23(35)6-7-23/h2-5,35H,6-12,28H2,1H3. The van der Waals surface area contributed by atoms with E-state index in [2.05, 4.69) is 9.97 Å². The summed E-state index contributed by atoms with van der Waals surface area (Å²) in [6.07, 6.45) is -3.76. The number of piperazine rings is 1. The number of aliphatic hydroxyl groups is 1. The molecule has 1 saturated carbocycles. The number of methoxy groups -OCH3 is 1. The zero-order valence-corrected chi connectivity index (χ0v) is 19.8. The van der Waals surface area contributed by atoms with Gasteiger partial charge >= 0.3 is 6.18 Å². The first kappa shape index (κ1) is 25.0. The molecule has 2 aromatic heterocycles. The van der Waals surface area contributed by atoms with Gasteiger partial charge in [-0.25, -0.2) is 9.97 Å². The highest BCUT2D eigenvalue weighted by Crippen LogP contribution is 2.38. The van der Waals surface area contributed by atoms with Gasteiger partial charge in [0.1, 0.15) is 22.6 Å². The number of aromatic nitrogens is 2. The summed E-state index contributed by atoms with van der Waals surface area (Å²) in [6, 6.07) is 5.11. The number of hydrogen-bond acceptors (Lipinski definition) is 8. The molecule has 0 unspecified atom stereocenters. The SMILES string of the molecule is COc1ccc(-c2nc(C(=O)N3CCN(C(=O)C4(O)CC4)CC3)c(CN)o2)c2ccc(C(F)(F)F)nc12. The number of fused-ring (bicyclic) bond motifs is 1. The molecule has 3 heterocycles. The molecule has 0 atom stereocenters. The number of nitrogens with two attached hydrogens (primary N) is 1. The molecule has 3 aromatic rings. The Balaban J connectivity index is 1.44. The first-order chi connectivity index (χ1) is 17.6. The molecule has 5 rings (SSSR count). The summed E-state index contributed by atoms with van der Waals surface area (Å²) in [5.74, 6) is -0.505. The second-order valence-corrected chi connectivity index (χ2v) is 9.02. The van der Waals surface area contributed by atoms with E-state index in [-0.39, 0.29) is 67.2 Å². The van der Waals surface area contributed by atoms with E-state index in [9.17, 15) is 27.9 Å². The molecule has 2 fully saturated rings. The number of pyridine rings is 1. The fraction of sp³-hybridized carbons (Fsp3) is 0.417.